The summed E-state index contributed by atoms with van der Waals surface area (Å²) in [5.74, 6) is -2.29. The van der Waals surface area contributed by atoms with E-state index in [0.717, 1.165) is 42.9 Å². The molecular formula is C17H18F2N4O2S. The molecule has 1 fully saturated rings. The Balaban J connectivity index is 1.89. The topological polar surface area (TPSA) is 96.2 Å². The first kappa shape index (κ1) is 18.3. The Labute approximate surface area is 152 Å². The first-order valence-corrected chi connectivity index (χ1v) is 8.93. The molecule has 0 radical (unpaired) electrons. The summed E-state index contributed by atoms with van der Waals surface area (Å²) >= 11 is 1.07. The standard InChI is InChI=1S/C17H18F2N4O2S/c18-11-4-3-9(6-12(11)19)14-7-13(23-17(20)25)15(26-14)16(24)22-10-2-1-5-21-8-10/h3-4,6-7,10,21H,1-2,5,8H2,(H,22,24)(H3,20,23,25)/t10-/m1/s1. The average molecular weight is 380 g/mol. The number of thiophene rings is 1. The number of hydrogen-bond acceptors (Lipinski definition) is 4. The molecule has 0 spiro atoms. The summed E-state index contributed by atoms with van der Waals surface area (Å²) in [4.78, 5) is 24.6. The summed E-state index contributed by atoms with van der Waals surface area (Å²) in [5, 5.41) is 8.53. The molecule has 26 heavy (non-hydrogen) atoms. The van der Waals surface area contributed by atoms with Gasteiger partial charge in [-0.3, -0.25) is 4.79 Å². The molecule has 1 aliphatic rings. The molecule has 1 saturated heterocycles. The van der Waals surface area contributed by atoms with Gasteiger partial charge >= 0.3 is 6.03 Å². The number of benzene rings is 1. The average Bonchev–Trinajstić information content (AvgIpc) is 3.01. The zero-order chi connectivity index (χ0) is 18.7. The Hall–Kier alpha value is -2.52. The van der Waals surface area contributed by atoms with Crippen molar-refractivity contribution in [1.82, 2.24) is 10.6 Å². The lowest BCUT2D eigenvalue weighted by atomic mass is 10.1. The van der Waals surface area contributed by atoms with E-state index in [1.165, 1.54) is 12.1 Å². The Morgan fingerprint density at radius 1 is 1.23 bits per heavy atom. The summed E-state index contributed by atoms with van der Waals surface area (Å²) < 4.78 is 26.6. The number of anilines is 1. The quantitative estimate of drug-likeness (QED) is 0.657. The van der Waals surface area contributed by atoms with Crippen molar-refractivity contribution in [2.24, 2.45) is 5.73 Å². The van der Waals surface area contributed by atoms with E-state index in [4.69, 9.17) is 5.73 Å². The van der Waals surface area contributed by atoms with Gasteiger partial charge in [0.05, 0.1) is 5.69 Å². The molecule has 9 heteroatoms. The second-order valence-corrected chi connectivity index (χ2v) is 7.04. The van der Waals surface area contributed by atoms with E-state index in [-0.39, 0.29) is 22.5 Å². The zero-order valence-electron chi connectivity index (χ0n) is 13.8. The molecule has 3 rings (SSSR count). The van der Waals surface area contributed by atoms with E-state index in [9.17, 15) is 18.4 Å². The third kappa shape index (κ3) is 4.17. The maximum Gasteiger partial charge on any atom is 0.316 e. The number of hydrogen-bond donors (Lipinski definition) is 4. The molecular weight excluding hydrogens is 362 g/mol. The van der Waals surface area contributed by atoms with Crippen molar-refractivity contribution < 1.29 is 18.4 Å². The number of nitrogens with two attached hydrogens (primary N) is 1. The molecule has 2 aromatic rings. The van der Waals surface area contributed by atoms with E-state index in [1.807, 2.05) is 0 Å². The van der Waals surface area contributed by atoms with E-state index in [0.29, 0.717) is 17.0 Å². The van der Waals surface area contributed by atoms with Gasteiger partial charge in [0.25, 0.3) is 5.91 Å². The highest BCUT2D eigenvalue weighted by Crippen LogP contribution is 2.35. The minimum absolute atomic E-state index is 0.00788. The van der Waals surface area contributed by atoms with Crippen LogP contribution in [0.1, 0.15) is 22.5 Å². The number of primary amides is 1. The Bertz CT molecular complexity index is 834. The fraction of sp³-hybridized carbons (Fsp3) is 0.294. The minimum Gasteiger partial charge on any atom is -0.351 e. The molecule has 2 heterocycles. The molecule has 1 aliphatic heterocycles. The monoisotopic (exact) mass is 380 g/mol. The number of nitrogens with one attached hydrogen (secondary N) is 3. The van der Waals surface area contributed by atoms with E-state index in [2.05, 4.69) is 16.0 Å². The maximum atomic E-state index is 13.5. The number of piperidine rings is 1. The van der Waals surface area contributed by atoms with Gasteiger partial charge in [-0.1, -0.05) is 6.07 Å². The van der Waals surface area contributed by atoms with Gasteiger partial charge in [-0.05, 0) is 43.1 Å². The van der Waals surface area contributed by atoms with Gasteiger partial charge in [-0.25, -0.2) is 13.6 Å². The van der Waals surface area contributed by atoms with Gasteiger partial charge in [0.15, 0.2) is 11.6 Å². The second kappa shape index (κ2) is 7.79. The number of carbonyl (C=O) groups excluding carboxylic acids is 2. The summed E-state index contributed by atoms with van der Waals surface area (Å²) in [6.07, 6.45) is 1.82. The molecule has 0 bridgehead atoms. The Kier molecular flexibility index (Phi) is 5.48. The number of carbonyl (C=O) groups is 2. The van der Waals surface area contributed by atoms with Crippen molar-refractivity contribution in [3.8, 4) is 10.4 Å². The maximum absolute atomic E-state index is 13.5. The predicted molar refractivity (Wildman–Crippen MR) is 96.2 cm³/mol. The fourth-order valence-corrected chi connectivity index (χ4v) is 3.82. The van der Waals surface area contributed by atoms with Gasteiger partial charge in [0.1, 0.15) is 4.88 Å². The number of rotatable bonds is 4. The minimum atomic E-state index is -0.986. The third-order valence-corrected chi connectivity index (χ3v) is 5.22. The summed E-state index contributed by atoms with van der Waals surface area (Å²) in [7, 11) is 0. The highest BCUT2D eigenvalue weighted by molar-refractivity contribution is 7.18. The molecule has 138 valence electrons. The summed E-state index contributed by atoms with van der Waals surface area (Å²) in [6, 6.07) is 4.17. The number of urea groups is 1. The van der Waals surface area contributed by atoms with Crippen LogP contribution in [0.3, 0.4) is 0 Å². The molecule has 5 N–H and O–H groups in total. The van der Waals surface area contributed by atoms with E-state index >= 15 is 0 Å². The van der Waals surface area contributed by atoms with Gasteiger partial charge in [-0.2, -0.15) is 0 Å². The fourth-order valence-electron chi connectivity index (χ4n) is 2.80. The van der Waals surface area contributed by atoms with Crippen LogP contribution in [-0.2, 0) is 0 Å². The normalized spacial score (nSPS) is 16.9. The van der Waals surface area contributed by atoms with Crippen LogP contribution in [0.4, 0.5) is 19.3 Å². The van der Waals surface area contributed by atoms with Crippen LogP contribution < -0.4 is 21.7 Å². The molecule has 3 amide bonds. The number of halogens is 2. The summed E-state index contributed by atoms with van der Waals surface area (Å²) in [6.45, 7) is 1.59. The summed E-state index contributed by atoms with van der Waals surface area (Å²) in [5.41, 5.74) is 5.81. The highest BCUT2D eigenvalue weighted by Gasteiger charge is 2.22. The first-order valence-electron chi connectivity index (χ1n) is 8.11. The van der Waals surface area contributed by atoms with Gasteiger partial charge in [0, 0.05) is 17.5 Å². The smallest absolute Gasteiger partial charge is 0.316 e. The Morgan fingerprint density at radius 3 is 2.69 bits per heavy atom. The zero-order valence-corrected chi connectivity index (χ0v) is 14.6. The van der Waals surface area contributed by atoms with Crippen molar-refractivity contribution in [3.05, 3.63) is 40.8 Å². The Morgan fingerprint density at radius 2 is 2.04 bits per heavy atom. The molecule has 1 aromatic carbocycles. The molecule has 0 aliphatic carbocycles. The van der Waals surface area contributed by atoms with Crippen molar-refractivity contribution in [2.45, 2.75) is 18.9 Å². The van der Waals surface area contributed by atoms with Crippen molar-refractivity contribution in [2.75, 3.05) is 18.4 Å². The van der Waals surface area contributed by atoms with Crippen molar-refractivity contribution in [3.63, 3.8) is 0 Å². The predicted octanol–water partition coefficient (Wildman–Crippen LogP) is 2.67. The van der Waals surface area contributed by atoms with Crippen LogP contribution in [0.2, 0.25) is 0 Å². The SMILES string of the molecule is NC(=O)Nc1cc(-c2ccc(F)c(F)c2)sc1C(=O)N[C@@H]1CCCNC1. The third-order valence-electron chi connectivity index (χ3n) is 4.03. The molecule has 6 nitrogen and oxygen atoms in total. The lowest BCUT2D eigenvalue weighted by Crippen LogP contribution is -2.45. The van der Waals surface area contributed by atoms with Crippen LogP contribution in [0.5, 0.6) is 0 Å². The molecule has 1 atom stereocenters. The molecule has 0 unspecified atom stereocenters. The van der Waals surface area contributed by atoms with E-state index < -0.39 is 17.7 Å². The second-order valence-electron chi connectivity index (χ2n) is 5.99. The lowest BCUT2D eigenvalue weighted by Gasteiger charge is -2.23. The van der Waals surface area contributed by atoms with Gasteiger partial charge < -0.3 is 21.7 Å². The van der Waals surface area contributed by atoms with Crippen molar-refractivity contribution >= 4 is 29.0 Å². The number of amides is 3. The van der Waals surface area contributed by atoms with Crippen LogP contribution in [-0.4, -0.2) is 31.1 Å². The van der Waals surface area contributed by atoms with Crippen LogP contribution in [0.15, 0.2) is 24.3 Å². The van der Waals surface area contributed by atoms with Crippen LogP contribution in [0, 0.1) is 11.6 Å². The van der Waals surface area contributed by atoms with Crippen molar-refractivity contribution in [1.29, 1.82) is 0 Å². The lowest BCUT2D eigenvalue weighted by molar-refractivity contribution is 0.0935. The largest absolute Gasteiger partial charge is 0.351 e. The van der Waals surface area contributed by atoms with Crippen LogP contribution >= 0.6 is 11.3 Å². The highest BCUT2D eigenvalue weighted by atomic mass is 32.1. The molecule has 0 saturated carbocycles. The van der Waals surface area contributed by atoms with Gasteiger partial charge in [0.2, 0.25) is 0 Å². The first-order chi connectivity index (χ1) is 12.4. The van der Waals surface area contributed by atoms with E-state index in [1.54, 1.807) is 0 Å². The molecule has 1 aromatic heterocycles. The van der Waals surface area contributed by atoms with Crippen LogP contribution in [0.25, 0.3) is 10.4 Å². The van der Waals surface area contributed by atoms with Gasteiger partial charge in [-0.15, -0.1) is 11.3 Å².